The molecule has 2 amide bonds. The number of phenols is 1. The van der Waals surface area contributed by atoms with Crippen LogP contribution in [0.3, 0.4) is 0 Å². The zero-order chi connectivity index (χ0) is 29.3. The fourth-order valence-corrected chi connectivity index (χ4v) is 8.24. The Hall–Kier alpha value is -2.38. The number of carbonyl (C=O) groups is 2. The van der Waals surface area contributed by atoms with Crippen LogP contribution < -0.4 is 0 Å². The summed E-state index contributed by atoms with van der Waals surface area (Å²) in [5.41, 5.74) is 6.65. The summed E-state index contributed by atoms with van der Waals surface area (Å²) in [6, 6.07) is 4.10. The number of carbonyl (C=O) groups excluding carboxylic acids is 2. The summed E-state index contributed by atoms with van der Waals surface area (Å²) in [5, 5.41) is 21.1. The highest BCUT2D eigenvalue weighted by atomic mass is 16.5. The van der Waals surface area contributed by atoms with Crippen LogP contribution in [-0.2, 0) is 14.2 Å². The number of nitrogens with zero attached hydrogens (tertiary/aromatic N) is 1. The van der Waals surface area contributed by atoms with Gasteiger partial charge in [0, 0.05) is 6.04 Å². The number of amides is 2. The summed E-state index contributed by atoms with van der Waals surface area (Å²) < 4.78 is 6.25. The molecule has 1 aromatic carbocycles. The first-order valence-corrected chi connectivity index (χ1v) is 16.1. The second-order valence-electron chi connectivity index (χ2n) is 13.0. The summed E-state index contributed by atoms with van der Waals surface area (Å²) in [6.45, 7) is 8.21. The van der Waals surface area contributed by atoms with Gasteiger partial charge in [0.05, 0.1) is 17.9 Å². The largest absolute Gasteiger partial charge is 0.507 e. The van der Waals surface area contributed by atoms with Crippen LogP contribution in [-0.4, -0.2) is 46.1 Å². The fourth-order valence-electron chi connectivity index (χ4n) is 8.24. The molecule has 2 heterocycles. The van der Waals surface area contributed by atoms with Gasteiger partial charge in [0.1, 0.15) is 5.75 Å². The van der Waals surface area contributed by atoms with E-state index >= 15 is 0 Å². The van der Waals surface area contributed by atoms with Gasteiger partial charge in [0.25, 0.3) is 0 Å². The maximum atomic E-state index is 13.9. The number of imide groups is 1. The Morgan fingerprint density at radius 1 is 1.02 bits per heavy atom. The van der Waals surface area contributed by atoms with Crippen molar-refractivity contribution >= 4 is 25.0 Å². The quantitative estimate of drug-likeness (QED) is 0.195. The monoisotopic (exact) mass is 561 g/mol. The Kier molecular flexibility index (Phi) is 9.45. The van der Waals surface area contributed by atoms with E-state index in [0.29, 0.717) is 18.5 Å². The van der Waals surface area contributed by atoms with Crippen molar-refractivity contribution in [2.75, 3.05) is 0 Å². The second-order valence-corrected chi connectivity index (χ2v) is 13.0. The summed E-state index contributed by atoms with van der Waals surface area (Å²) in [7, 11) is -0.928. The predicted octanol–water partition coefficient (Wildman–Crippen LogP) is 6.90. The molecule has 1 saturated carbocycles. The molecule has 4 aliphatic rings. The minimum Gasteiger partial charge on any atom is -0.507 e. The Morgan fingerprint density at radius 3 is 2.39 bits per heavy atom. The molecule has 2 aliphatic carbocycles. The number of likely N-dealkylation sites (tertiary alicyclic amines) is 1. The molecule has 4 atom stereocenters. The van der Waals surface area contributed by atoms with Gasteiger partial charge in [-0.1, -0.05) is 63.2 Å². The Morgan fingerprint density at radius 2 is 1.73 bits per heavy atom. The fraction of sp³-hybridized carbons (Fsp3) is 0.647. The number of aromatic hydroxyl groups is 1. The van der Waals surface area contributed by atoms with E-state index in [2.05, 4.69) is 19.9 Å². The number of benzene rings is 1. The molecule has 2 N–H and O–H groups in total. The van der Waals surface area contributed by atoms with Crippen molar-refractivity contribution in [3.8, 4) is 5.75 Å². The molecule has 0 bridgehead atoms. The maximum absolute atomic E-state index is 13.9. The van der Waals surface area contributed by atoms with E-state index in [4.69, 9.17) is 4.65 Å². The second kappa shape index (κ2) is 12.9. The van der Waals surface area contributed by atoms with E-state index in [1.165, 1.54) is 23.1 Å². The van der Waals surface area contributed by atoms with Gasteiger partial charge < -0.3 is 14.8 Å². The summed E-state index contributed by atoms with van der Waals surface area (Å²) >= 11 is 0. The molecule has 222 valence electrons. The normalized spacial score (nSPS) is 27.5. The van der Waals surface area contributed by atoms with E-state index < -0.39 is 7.12 Å². The molecule has 0 aromatic heterocycles. The number of phenolic OH excluding ortho intramolecular Hbond substituents is 1. The topological polar surface area (TPSA) is 87.1 Å². The van der Waals surface area contributed by atoms with Crippen LogP contribution in [0.4, 0.5) is 0 Å². The first-order chi connectivity index (χ1) is 19.7. The zero-order valence-electron chi connectivity index (χ0n) is 25.5. The molecular weight excluding hydrogens is 513 g/mol. The molecule has 2 saturated heterocycles. The van der Waals surface area contributed by atoms with Gasteiger partial charge in [-0.15, -0.1) is 0 Å². The number of rotatable bonds is 9. The molecule has 0 spiro atoms. The van der Waals surface area contributed by atoms with Crippen molar-refractivity contribution in [1.29, 1.82) is 0 Å². The first-order valence-electron chi connectivity index (χ1n) is 16.1. The van der Waals surface area contributed by atoms with Gasteiger partial charge in [-0.3, -0.25) is 14.5 Å². The van der Waals surface area contributed by atoms with E-state index in [9.17, 15) is 19.7 Å². The summed E-state index contributed by atoms with van der Waals surface area (Å²) in [6.07, 6.45) is 13.7. The van der Waals surface area contributed by atoms with Crippen molar-refractivity contribution in [2.24, 2.45) is 17.8 Å². The van der Waals surface area contributed by atoms with Gasteiger partial charge in [-0.2, -0.15) is 0 Å². The third kappa shape index (κ3) is 6.08. The lowest BCUT2D eigenvalue weighted by molar-refractivity contribution is -0.143. The van der Waals surface area contributed by atoms with Crippen LogP contribution in [0.5, 0.6) is 5.75 Å². The Bertz CT molecular complexity index is 1190. The van der Waals surface area contributed by atoms with Crippen LogP contribution in [0.1, 0.15) is 108 Å². The van der Waals surface area contributed by atoms with E-state index in [1.54, 1.807) is 4.90 Å². The van der Waals surface area contributed by atoms with Crippen molar-refractivity contribution in [3.05, 3.63) is 45.5 Å². The average molecular weight is 562 g/mol. The van der Waals surface area contributed by atoms with Crippen LogP contribution in [0, 0.1) is 31.6 Å². The van der Waals surface area contributed by atoms with Gasteiger partial charge in [-0.05, 0) is 105 Å². The SMILES string of the molecule is CCCC1=C2[C@@H](CC/C(=C/c3cc(C)c(O)c(C)c3)CCC)OB(O)C[C@@H]2[C@@H]2C(=O)N(C3CCCCC3)C(=O)[C@@H]2C1. The third-order valence-corrected chi connectivity index (χ3v) is 10.0. The first kappa shape index (κ1) is 30.1. The van der Waals surface area contributed by atoms with Gasteiger partial charge in [0.15, 0.2) is 0 Å². The highest BCUT2D eigenvalue weighted by molar-refractivity contribution is 6.43. The minimum atomic E-state index is -0.928. The molecule has 2 aliphatic heterocycles. The average Bonchev–Trinajstić information content (AvgIpc) is 3.20. The molecule has 0 unspecified atom stereocenters. The van der Waals surface area contributed by atoms with E-state index in [1.807, 2.05) is 26.0 Å². The van der Waals surface area contributed by atoms with Crippen LogP contribution in [0.15, 0.2) is 28.9 Å². The molecule has 0 radical (unpaired) electrons. The predicted molar refractivity (Wildman–Crippen MR) is 163 cm³/mol. The zero-order valence-corrected chi connectivity index (χ0v) is 25.5. The Labute approximate surface area is 246 Å². The lowest BCUT2D eigenvalue weighted by Gasteiger charge is -2.43. The standard InChI is InChI=1S/C34H48BNO5/c1-5-10-23(18-24-16-21(3)32(37)22(4)17-24)14-15-29-30-25(11-6-2)19-27-31(28(30)20-35(40)41-29)34(39)36(33(27)38)26-12-8-7-9-13-26/h16-18,26-29,31,37,40H,5-15,19-20H2,1-4H3/b23-18+/t27-,28+,29-,31-/m1/s1. The highest BCUT2D eigenvalue weighted by Gasteiger charge is 2.58. The van der Waals surface area contributed by atoms with Crippen molar-refractivity contribution in [1.82, 2.24) is 4.90 Å². The van der Waals surface area contributed by atoms with Gasteiger partial charge >= 0.3 is 7.12 Å². The van der Waals surface area contributed by atoms with Gasteiger partial charge in [-0.25, -0.2) is 0 Å². The molecule has 1 aromatic rings. The Balaban J connectivity index is 1.41. The van der Waals surface area contributed by atoms with E-state index in [-0.39, 0.29) is 41.7 Å². The van der Waals surface area contributed by atoms with Crippen molar-refractivity contribution < 1.29 is 24.4 Å². The number of aryl methyl sites for hydroxylation is 2. The van der Waals surface area contributed by atoms with Crippen molar-refractivity contribution in [2.45, 2.75) is 123 Å². The molecule has 41 heavy (non-hydrogen) atoms. The molecule has 7 heteroatoms. The summed E-state index contributed by atoms with van der Waals surface area (Å²) in [5.74, 6) is -0.401. The van der Waals surface area contributed by atoms with E-state index in [0.717, 1.165) is 80.9 Å². The minimum absolute atomic E-state index is 0.00226. The number of hydrogen-bond acceptors (Lipinski definition) is 5. The molecular formula is C34H48BNO5. The van der Waals surface area contributed by atoms with Gasteiger partial charge in [0.2, 0.25) is 11.8 Å². The molecule has 5 rings (SSSR count). The summed E-state index contributed by atoms with van der Waals surface area (Å²) in [4.78, 5) is 29.3. The molecule has 6 nitrogen and oxygen atoms in total. The number of fused-ring (bicyclic) bond motifs is 3. The molecule has 3 fully saturated rings. The van der Waals surface area contributed by atoms with Crippen LogP contribution >= 0.6 is 0 Å². The lowest BCUT2D eigenvalue weighted by atomic mass is 9.58. The van der Waals surface area contributed by atoms with Crippen LogP contribution in [0.2, 0.25) is 6.32 Å². The lowest BCUT2D eigenvalue weighted by Crippen LogP contribution is -2.46. The van der Waals surface area contributed by atoms with Crippen molar-refractivity contribution in [3.63, 3.8) is 0 Å². The maximum Gasteiger partial charge on any atom is 0.455 e. The third-order valence-electron chi connectivity index (χ3n) is 10.0. The number of hydrogen-bond donors (Lipinski definition) is 2. The highest BCUT2D eigenvalue weighted by Crippen LogP contribution is 2.52. The smallest absolute Gasteiger partial charge is 0.455 e. The van der Waals surface area contributed by atoms with Crippen LogP contribution in [0.25, 0.3) is 6.08 Å². The number of allylic oxidation sites excluding steroid dienone is 2.